The predicted molar refractivity (Wildman–Crippen MR) is 116 cm³/mol. The molecule has 0 aliphatic carbocycles. The van der Waals surface area contributed by atoms with E-state index in [0.29, 0.717) is 5.56 Å². The van der Waals surface area contributed by atoms with Crippen molar-refractivity contribution < 1.29 is 33.9 Å². The number of carbonyl (C=O) groups is 3. The first kappa shape index (κ1) is 25.3. The topological polar surface area (TPSA) is 157 Å². The number of alkyl carbamates (subject to hydrolysis) is 1. The normalized spacial score (nSPS) is 12.2. The highest BCUT2D eigenvalue weighted by Gasteiger charge is 2.23. The zero-order valence-corrected chi connectivity index (χ0v) is 17.9. The fourth-order valence-corrected chi connectivity index (χ4v) is 2.84. The Hall–Kier alpha value is -3.99. The fourth-order valence-electron chi connectivity index (χ4n) is 2.84. The van der Waals surface area contributed by atoms with Gasteiger partial charge in [0.1, 0.15) is 12.6 Å². The Morgan fingerprint density at radius 3 is 2.33 bits per heavy atom. The van der Waals surface area contributed by atoms with Crippen LogP contribution < -0.4 is 10.6 Å². The van der Waals surface area contributed by atoms with Gasteiger partial charge >= 0.3 is 12.1 Å². The molecule has 3 N–H and O–H groups in total. The number of amides is 2. The van der Waals surface area contributed by atoms with Crippen LogP contribution in [0.2, 0.25) is 0 Å². The lowest BCUT2D eigenvalue weighted by Gasteiger charge is -2.18. The van der Waals surface area contributed by atoms with E-state index in [2.05, 4.69) is 10.6 Å². The molecule has 2 rings (SSSR count). The zero-order valence-electron chi connectivity index (χ0n) is 17.9. The van der Waals surface area contributed by atoms with E-state index in [-0.39, 0.29) is 31.7 Å². The molecule has 0 unspecified atom stereocenters. The summed E-state index contributed by atoms with van der Waals surface area (Å²) in [6, 6.07) is 13.5. The Bertz CT molecular complexity index is 950. The van der Waals surface area contributed by atoms with Gasteiger partial charge in [0.15, 0.2) is 0 Å². The van der Waals surface area contributed by atoms with Crippen LogP contribution in [0.3, 0.4) is 0 Å². The van der Waals surface area contributed by atoms with Crippen molar-refractivity contribution >= 4 is 23.7 Å². The molecule has 0 fully saturated rings. The number of methoxy groups -OCH3 is 1. The number of benzene rings is 2. The van der Waals surface area contributed by atoms with Gasteiger partial charge < -0.3 is 25.2 Å². The fraction of sp³-hybridized carbons (Fsp3) is 0.318. The third-order valence-electron chi connectivity index (χ3n) is 4.52. The summed E-state index contributed by atoms with van der Waals surface area (Å²) in [6.07, 6.45) is -2.31. The van der Waals surface area contributed by atoms with Gasteiger partial charge in [-0.1, -0.05) is 42.5 Å². The number of aliphatic hydroxyl groups excluding tert-OH is 1. The van der Waals surface area contributed by atoms with Crippen LogP contribution in [0.1, 0.15) is 17.5 Å². The number of nitro benzene ring substituents is 1. The van der Waals surface area contributed by atoms with Crippen molar-refractivity contribution in [1.29, 1.82) is 0 Å². The van der Waals surface area contributed by atoms with E-state index in [0.717, 1.165) is 12.7 Å². The first-order valence-corrected chi connectivity index (χ1v) is 10.0. The summed E-state index contributed by atoms with van der Waals surface area (Å²) in [5.74, 6) is -1.35. The molecule has 0 aliphatic heterocycles. The molecule has 0 aliphatic rings. The summed E-state index contributed by atoms with van der Waals surface area (Å²) in [5, 5.41) is 25.6. The molecule has 0 saturated heterocycles. The summed E-state index contributed by atoms with van der Waals surface area (Å²) in [6.45, 7) is -0.168. The minimum atomic E-state index is -1.22. The van der Waals surface area contributed by atoms with Crippen molar-refractivity contribution in [3.05, 3.63) is 75.8 Å². The minimum absolute atomic E-state index is 0.0383. The lowest BCUT2D eigenvalue weighted by atomic mass is 10.0. The Morgan fingerprint density at radius 2 is 1.73 bits per heavy atom. The van der Waals surface area contributed by atoms with Gasteiger partial charge in [-0.15, -0.1) is 0 Å². The van der Waals surface area contributed by atoms with Gasteiger partial charge in [-0.3, -0.25) is 14.9 Å². The lowest BCUT2D eigenvalue weighted by molar-refractivity contribution is -0.384. The van der Waals surface area contributed by atoms with Crippen molar-refractivity contribution in [3.8, 4) is 0 Å². The quantitative estimate of drug-likeness (QED) is 0.259. The summed E-state index contributed by atoms with van der Waals surface area (Å²) in [7, 11) is 1.16. The van der Waals surface area contributed by atoms with Crippen LogP contribution in [0.25, 0.3) is 0 Å². The van der Waals surface area contributed by atoms with E-state index in [9.17, 15) is 29.6 Å². The maximum absolute atomic E-state index is 12.3. The van der Waals surface area contributed by atoms with E-state index < -0.39 is 35.0 Å². The average Bonchev–Trinajstić information content (AvgIpc) is 2.81. The highest BCUT2D eigenvalue weighted by atomic mass is 16.6. The van der Waals surface area contributed by atoms with Gasteiger partial charge in [0.2, 0.25) is 5.91 Å². The van der Waals surface area contributed by atoms with Crippen molar-refractivity contribution in [2.24, 2.45) is 0 Å². The number of non-ortho nitro benzene ring substituents is 1. The molecule has 0 bridgehead atoms. The molecule has 11 nitrogen and oxygen atoms in total. The first-order chi connectivity index (χ1) is 15.8. The van der Waals surface area contributed by atoms with E-state index >= 15 is 0 Å². The standard InChI is InChI=1S/C22H25N3O8/c1-32-21(28)19(11-15-7-9-17(10-8-15)25(30)31)24-20(27)12-18(26)13-23-22(29)33-14-16-5-3-2-4-6-16/h2-10,18-19,26H,11-14H2,1H3,(H,23,29)(H,24,27)/t18-,19+/m1/s1. The molecule has 0 aromatic heterocycles. The second kappa shape index (κ2) is 12.8. The van der Waals surface area contributed by atoms with Crippen molar-refractivity contribution in [1.82, 2.24) is 10.6 Å². The number of ether oxygens (including phenoxy) is 2. The molecule has 2 aromatic rings. The van der Waals surface area contributed by atoms with Crippen molar-refractivity contribution in [3.63, 3.8) is 0 Å². The predicted octanol–water partition coefficient (Wildman–Crippen LogP) is 1.47. The second-order valence-corrected chi connectivity index (χ2v) is 7.07. The molecule has 0 heterocycles. The van der Waals surface area contributed by atoms with Crippen molar-refractivity contribution in [2.75, 3.05) is 13.7 Å². The molecular formula is C22H25N3O8. The Labute approximate surface area is 189 Å². The SMILES string of the molecule is COC(=O)[C@H](Cc1ccc([N+](=O)[O-])cc1)NC(=O)C[C@@H](O)CNC(=O)OCc1ccccc1. The smallest absolute Gasteiger partial charge is 0.407 e. The van der Waals surface area contributed by atoms with E-state index in [1.807, 2.05) is 18.2 Å². The molecule has 0 saturated carbocycles. The van der Waals surface area contributed by atoms with Crippen LogP contribution in [-0.4, -0.2) is 53.8 Å². The van der Waals surface area contributed by atoms with Gasteiger partial charge in [0.25, 0.3) is 5.69 Å². The summed E-state index contributed by atoms with van der Waals surface area (Å²) in [4.78, 5) is 46.2. The highest BCUT2D eigenvalue weighted by molar-refractivity contribution is 5.85. The van der Waals surface area contributed by atoms with Gasteiger partial charge in [-0.25, -0.2) is 9.59 Å². The van der Waals surface area contributed by atoms with Crippen LogP contribution in [0.5, 0.6) is 0 Å². The number of hydrogen-bond donors (Lipinski definition) is 3. The van der Waals surface area contributed by atoms with E-state index in [4.69, 9.17) is 9.47 Å². The van der Waals surface area contributed by atoms with Gasteiger partial charge in [-0.2, -0.15) is 0 Å². The molecule has 0 spiro atoms. The van der Waals surface area contributed by atoms with Gasteiger partial charge in [0, 0.05) is 25.1 Å². The molecule has 11 heteroatoms. The largest absolute Gasteiger partial charge is 0.467 e. The van der Waals surface area contributed by atoms with Gasteiger partial charge in [0.05, 0.1) is 24.6 Å². The van der Waals surface area contributed by atoms with Crippen LogP contribution in [0.15, 0.2) is 54.6 Å². The Kier molecular flexibility index (Phi) is 9.78. The lowest BCUT2D eigenvalue weighted by Crippen LogP contribution is -2.45. The van der Waals surface area contributed by atoms with Crippen LogP contribution in [0, 0.1) is 10.1 Å². The molecular weight excluding hydrogens is 434 g/mol. The summed E-state index contributed by atoms with van der Waals surface area (Å²) < 4.78 is 9.72. The zero-order chi connectivity index (χ0) is 24.2. The van der Waals surface area contributed by atoms with E-state index in [1.165, 1.54) is 24.3 Å². The Morgan fingerprint density at radius 1 is 1.06 bits per heavy atom. The number of nitrogens with zero attached hydrogens (tertiary/aromatic N) is 1. The summed E-state index contributed by atoms with van der Waals surface area (Å²) in [5.41, 5.74) is 1.27. The second-order valence-electron chi connectivity index (χ2n) is 7.07. The molecule has 176 valence electrons. The number of aliphatic hydroxyl groups is 1. The first-order valence-electron chi connectivity index (χ1n) is 10.0. The third-order valence-corrected chi connectivity index (χ3v) is 4.52. The maximum atomic E-state index is 12.3. The molecule has 2 atom stereocenters. The number of nitrogens with one attached hydrogen (secondary N) is 2. The van der Waals surface area contributed by atoms with Gasteiger partial charge in [-0.05, 0) is 11.1 Å². The van der Waals surface area contributed by atoms with Crippen LogP contribution >= 0.6 is 0 Å². The molecule has 33 heavy (non-hydrogen) atoms. The Balaban J connectivity index is 1.80. The summed E-state index contributed by atoms with van der Waals surface area (Å²) >= 11 is 0. The number of esters is 1. The maximum Gasteiger partial charge on any atom is 0.407 e. The van der Waals surface area contributed by atoms with E-state index in [1.54, 1.807) is 12.1 Å². The number of nitro groups is 1. The number of hydrogen-bond acceptors (Lipinski definition) is 8. The number of carbonyl (C=O) groups excluding carboxylic acids is 3. The minimum Gasteiger partial charge on any atom is -0.467 e. The molecule has 2 amide bonds. The average molecular weight is 459 g/mol. The number of rotatable bonds is 11. The third kappa shape index (κ3) is 8.95. The monoisotopic (exact) mass is 459 g/mol. The molecule has 2 aromatic carbocycles. The van der Waals surface area contributed by atoms with Crippen LogP contribution in [-0.2, 0) is 32.1 Å². The van der Waals surface area contributed by atoms with Crippen LogP contribution in [0.4, 0.5) is 10.5 Å². The molecule has 0 radical (unpaired) electrons. The van der Waals surface area contributed by atoms with Crippen molar-refractivity contribution in [2.45, 2.75) is 31.6 Å². The highest BCUT2D eigenvalue weighted by Crippen LogP contribution is 2.14.